The summed E-state index contributed by atoms with van der Waals surface area (Å²) in [5, 5.41) is 11.9. The van der Waals surface area contributed by atoms with Crippen LogP contribution in [0.1, 0.15) is 48.0 Å². The van der Waals surface area contributed by atoms with Crippen LogP contribution in [0.15, 0.2) is 0 Å². The van der Waals surface area contributed by atoms with E-state index < -0.39 is 17.8 Å². The van der Waals surface area contributed by atoms with Gasteiger partial charge in [-0.3, -0.25) is 0 Å². The molecule has 0 aliphatic carbocycles. The summed E-state index contributed by atoms with van der Waals surface area (Å²) in [5.74, 6) is 0. The van der Waals surface area contributed by atoms with Crippen LogP contribution in [0.4, 0.5) is 4.79 Å². The third-order valence-corrected chi connectivity index (χ3v) is 1.63. The van der Waals surface area contributed by atoms with Crippen molar-refractivity contribution in [2.45, 2.75) is 65.2 Å². The van der Waals surface area contributed by atoms with E-state index >= 15 is 0 Å². The number of carbonyl (C=O) groups excluding carboxylic acids is 1. The molecule has 0 aromatic heterocycles. The highest BCUT2D eigenvalue weighted by molar-refractivity contribution is 5.68. The zero-order valence-corrected chi connectivity index (χ0v) is 10.5. The molecule has 0 saturated carbocycles. The minimum atomic E-state index is -0.649. The minimum Gasteiger partial charge on any atom is -0.443 e. The molecule has 0 spiro atoms. The van der Waals surface area contributed by atoms with Crippen LogP contribution in [-0.2, 0) is 4.74 Å². The Labute approximate surface area is 92.0 Å². The van der Waals surface area contributed by atoms with Gasteiger partial charge < -0.3 is 15.2 Å². The third kappa shape index (κ3) is 8.24. The molecular weight excluding hydrogens is 194 g/mol. The topological polar surface area (TPSA) is 58.6 Å². The molecule has 0 fully saturated rings. The highest BCUT2D eigenvalue weighted by atomic mass is 16.6. The van der Waals surface area contributed by atoms with Crippen molar-refractivity contribution in [3.05, 3.63) is 0 Å². The van der Waals surface area contributed by atoms with E-state index in [1.807, 2.05) is 20.8 Å². The molecule has 0 rings (SSSR count). The zero-order valence-electron chi connectivity index (χ0n) is 10.5. The fourth-order valence-corrected chi connectivity index (χ4v) is 1.34. The fourth-order valence-electron chi connectivity index (χ4n) is 1.34. The Balaban J connectivity index is 4.16. The number of ether oxygens (including phenoxy) is 1. The van der Waals surface area contributed by atoms with Crippen LogP contribution >= 0.6 is 0 Å². The number of amides is 1. The van der Waals surface area contributed by atoms with Gasteiger partial charge in [-0.05, 0) is 41.5 Å². The quantitative estimate of drug-likeness (QED) is 0.760. The molecule has 1 atom stereocenters. The van der Waals surface area contributed by atoms with Crippen LogP contribution in [0.25, 0.3) is 0 Å². The maximum absolute atomic E-state index is 11.4. The second kappa shape index (κ2) is 4.84. The summed E-state index contributed by atoms with van der Waals surface area (Å²) < 4.78 is 5.21. The average Bonchev–Trinajstić information content (AvgIpc) is 1.73. The Bertz CT molecular complexity index is 216. The third-order valence-electron chi connectivity index (χ3n) is 1.63. The molecule has 15 heavy (non-hydrogen) atoms. The van der Waals surface area contributed by atoms with E-state index in [-0.39, 0.29) is 5.54 Å². The second-order valence-corrected chi connectivity index (χ2v) is 5.58. The lowest BCUT2D eigenvalue weighted by Crippen LogP contribution is -2.44. The van der Waals surface area contributed by atoms with Gasteiger partial charge in [0.2, 0.25) is 0 Å². The van der Waals surface area contributed by atoms with Gasteiger partial charge in [-0.2, -0.15) is 0 Å². The van der Waals surface area contributed by atoms with E-state index in [0.717, 1.165) is 0 Å². The number of alkyl carbamates (subject to hydrolysis) is 1. The Morgan fingerprint density at radius 1 is 1.33 bits per heavy atom. The number of aliphatic hydroxyl groups is 1. The Morgan fingerprint density at radius 2 is 1.80 bits per heavy atom. The monoisotopic (exact) mass is 217 g/mol. The average molecular weight is 217 g/mol. The number of nitrogens with one attached hydrogen (secondary N) is 1. The minimum absolute atomic E-state index is 0.308. The highest BCUT2D eigenvalue weighted by Gasteiger charge is 2.26. The second-order valence-electron chi connectivity index (χ2n) is 5.58. The molecule has 1 amide bonds. The first-order valence-corrected chi connectivity index (χ1v) is 5.21. The predicted octanol–water partition coefficient (Wildman–Crippen LogP) is 2.06. The number of aliphatic hydroxyl groups excluding tert-OH is 1. The van der Waals surface area contributed by atoms with Gasteiger partial charge in [-0.25, -0.2) is 4.79 Å². The van der Waals surface area contributed by atoms with Gasteiger partial charge in [-0.15, -0.1) is 0 Å². The number of hydrogen-bond donors (Lipinski definition) is 2. The van der Waals surface area contributed by atoms with Gasteiger partial charge in [-0.1, -0.05) is 0 Å². The lowest BCUT2D eigenvalue weighted by molar-refractivity contribution is 0.000711. The van der Waals surface area contributed by atoms with E-state index in [4.69, 9.17) is 4.74 Å². The van der Waals surface area contributed by atoms with Gasteiger partial charge >= 0.3 is 6.09 Å². The van der Waals surface area contributed by atoms with Gasteiger partial charge in [0.25, 0.3) is 0 Å². The molecule has 0 heterocycles. The van der Waals surface area contributed by atoms with Crippen molar-refractivity contribution in [2.75, 3.05) is 0 Å². The van der Waals surface area contributed by atoms with Crippen LogP contribution in [0, 0.1) is 0 Å². The van der Waals surface area contributed by atoms with Gasteiger partial charge in [0.15, 0.2) is 0 Å². The molecule has 4 heteroatoms. The summed E-state index contributed by atoms with van der Waals surface area (Å²) in [6, 6.07) is 0. The maximum Gasteiger partial charge on any atom is 0.408 e. The summed E-state index contributed by atoms with van der Waals surface area (Å²) >= 11 is 0. The van der Waals surface area contributed by atoms with Gasteiger partial charge in [0.1, 0.15) is 5.60 Å². The molecule has 0 saturated heterocycles. The van der Waals surface area contributed by atoms with E-state index in [1.165, 1.54) is 0 Å². The summed E-state index contributed by atoms with van der Waals surface area (Å²) in [4.78, 5) is 11.4. The first-order valence-electron chi connectivity index (χ1n) is 5.21. The van der Waals surface area contributed by atoms with Crippen molar-refractivity contribution in [1.29, 1.82) is 0 Å². The van der Waals surface area contributed by atoms with E-state index in [2.05, 4.69) is 5.32 Å². The zero-order chi connectivity index (χ0) is 12.3. The molecule has 0 bridgehead atoms. The number of carbonyl (C=O) groups is 1. The first kappa shape index (κ1) is 14.2. The first-order chi connectivity index (χ1) is 6.52. The Kier molecular flexibility index (Phi) is 4.59. The maximum atomic E-state index is 11.4. The van der Waals surface area contributed by atoms with Crippen molar-refractivity contribution in [1.82, 2.24) is 5.32 Å². The van der Waals surface area contributed by atoms with E-state index in [1.54, 1.807) is 20.8 Å². The van der Waals surface area contributed by atoms with Crippen molar-refractivity contribution < 1.29 is 14.6 Å². The fraction of sp³-hybridized carbons (Fsp3) is 0.909. The van der Waals surface area contributed by atoms with E-state index in [0.29, 0.717) is 6.42 Å². The smallest absolute Gasteiger partial charge is 0.408 e. The molecule has 90 valence electrons. The van der Waals surface area contributed by atoms with Crippen LogP contribution in [-0.4, -0.2) is 28.4 Å². The van der Waals surface area contributed by atoms with Gasteiger partial charge in [0.05, 0.1) is 6.10 Å². The molecule has 0 aromatic carbocycles. The SMILES string of the molecule is CC(O)CC(C)(C)OC(=O)NC(C)(C)C. The molecule has 1 unspecified atom stereocenters. The Hall–Kier alpha value is -0.770. The summed E-state index contributed by atoms with van der Waals surface area (Å²) in [6.45, 7) is 10.9. The van der Waals surface area contributed by atoms with Crippen molar-refractivity contribution >= 4 is 6.09 Å². The van der Waals surface area contributed by atoms with Crippen LogP contribution in [0.3, 0.4) is 0 Å². The molecule has 4 nitrogen and oxygen atoms in total. The summed E-state index contributed by atoms with van der Waals surface area (Å²) in [7, 11) is 0. The molecule has 0 aliphatic rings. The van der Waals surface area contributed by atoms with Gasteiger partial charge in [0, 0.05) is 12.0 Å². The summed E-state index contributed by atoms with van der Waals surface area (Å²) in [6.07, 6.45) is -0.513. The van der Waals surface area contributed by atoms with Crippen LogP contribution < -0.4 is 5.32 Å². The highest BCUT2D eigenvalue weighted by Crippen LogP contribution is 2.17. The van der Waals surface area contributed by atoms with E-state index in [9.17, 15) is 9.90 Å². The standard InChI is InChI=1S/C11H23NO3/c1-8(13)7-11(5,6)15-9(14)12-10(2,3)4/h8,13H,7H2,1-6H3,(H,12,14). The molecule has 0 aromatic rings. The summed E-state index contributed by atoms with van der Waals surface area (Å²) in [5.41, 5.74) is -0.957. The molecule has 0 radical (unpaired) electrons. The molecular formula is C11H23NO3. The van der Waals surface area contributed by atoms with Crippen LogP contribution in [0.5, 0.6) is 0 Å². The molecule has 0 aliphatic heterocycles. The molecule has 2 N–H and O–H groups in total. The van der Waals surface area contributed by atoms with Crippen molar-refractivity contribution in [3.8, 4) is 0 Å². The number of hydrogen-bond acceptors (Lipinski definition) is 3. The predicted molar refractivity (Wildman–Crippen MR) is 59.7 cm³/mol. The lowest BCUT2D eigenvalue weighted by Gasteiger charge is -2.29. The van der Waals surface area contributed by atoms with Crippen molar-refractivity contribution in [3.63, 3.8) is 0 Å². The largest absolute Gasteiger partial charge is 0.443 e. The lowest BCUT2D eigenvalue weighted by atomic mass is 10.0. The normalized spacial score (nSPS) is 14.6. The van der Waals surface area contributed by atoms with Crippen molar-refractivity contribution in [2.24, 2.45) is 0 Å². The van der Waals surface area contributed by atoms with Crippen LogP contribution in [0.2, 0.25) is 0 Å². The Morgan fingerprint density at radius 3 is 2.13 bits per heavy atom. The number of rotatable bonds is 3.